The zero-order valence-corrected chi connectivity index (χ0v) is 13.1. The van der Waals surface area contributed by atoms with Crippen molar-refractivity contribution < 1.29 is 4.79 Å². The summed E-state index contributed by atoms with van der Waals surface area (Å²) in [5.41, 5.74) is 1.45. The van der Waals surface area contributed by atoms with Gasteiger partial charge in [0.15, 0.2) is 0 Å². The summed E-state index contributed by atoms with van der Waals surface area (Å²) >= 11 is 0. The van der Waals surface area contributed by atoms with E-state index in [1.807, 2.05) is 18.7 Å². The van der Waals surface area contributed by atoms with E-state index in [1.54, 1.807) is 0 Å². The first-order chi connectivity index (χ1) is 9.47. The van der Waals surface area contributed by atoms with Crippen LogP contribution >= 0.6 is 0 Å². The molecule has 1 N–H and O–H groups in total. The highest BCUT2D eigenvalue weighted by Crippen LogP contribution is 2.12. The molecule has 0 atom stereocenters. The molecule has 2 rings (SSSR count). The van der Waals surface area contributed by atoms with Crippen LogP contribution < -0.4 is 0 Å². The number of carbonyl (C=O) groups is 1. The second kappa shape index (κ2) is 6.39. The summed E-state index contributed by atoms with van der Waals surface area (Å²) in [6.07, 6.45) is 1.04. The summed E-state index contributed by atoms with van der Waals surface area (Å²) in [5.74, 6) is 1.55. The topological polar surface area (TPSA) is 52.2 Å². The van der Waals surface area contributed by atoms with Crippen LogP contribution in [0, 0.1) is 19.8 Å². The van der Waals surface area contributed by atoms with Gasteiger partial charge in [0.25, 0.3) is 5.91 Å². The van der Waals surface area contributed by atoms with Gasteiger partial charge in [0, 0.05) is 31.9 Å². The zero-order chi connectivity index (χ0) is 14.7. The summed E-state index contributed by atoms with van der Waals surface area (Å²) in [4.78, 5) is 24.4. The number of nitrogens with zero attached hydrogens (tertiary/aromatic N) is 3. The molecule has 0 aromatic carbocycles. The first-order valence-electron chi connectivity index (χ1n) is 7.52. The van der Waals surface area contributed by atoms with Gasteiger partial charge in [0.05, 0.1) is 0 Å². The summed E-state index contributed by atoms with van der Waals surface area (Å²) in [6.45, 7) is 13.1. The number of rotatable bonds is 3. The summed E-state index contributed by atoms with van der Waals surface area (Å²) in [7, 11) is 0. The minimum Gasteiger partial charge on any atom is -0.346 e. The average molecular weight is 278 g/mol. The fourth-order valence-electron chi connectivity index (χ4n) is 2.84. The van der Waals surface area contributed by atoms with Crippen molar-refractivity contribution >= 4 is 5.91 Å². The molecule has 0 bridgehead atoms. The van der Waals surface area contributed by atoms with Crippen molar-refractivity contribution in [3.8, 4) is 0 Å². The summed E-state index contributed by atoms with van der Waals surface area (Å²) in [5, 5.41) is 0. The smallest absolute Gasteiger partial charge is 0.274 e. The maximum absolute atomic E-state index is 12.5. The van der Waals surface area contributed by atoms with Crippen molar-refractivity contribution in [1.82, 2.24) is 19.8 Å². The van der Waals surface area contributed by atoms with Crippen molar-refractivity contribution in [3.63, 3.8) is 0 Å². The summed E-state index contributed by atoms with van der Waals surface area (Å²) < 4.78 is 0. The number of nitrogens with one attached hydrogen (secondary N) is 1. The van der Waals surface area contributed by atoms with E-state index in [1.165, 1.54) is 0 Å². The molecule has 1 amide bonds. The van der Waals surface area contributed by atoms with E-state index >= 15 is 0 Å². The molecular formula is C15H26N4O. The second-order valence-electron chi connectivity index (χ2n) is 6.14. The Morgan fingerprint density at radius 1 is 1.25 bits per heavy atom. The predicted octanol–water partition coefficient (Wildman–Crippen LogP) is 1.83. The number of amides is 1. The van der Waals surface area contributed by atoms with Crippen LogP contribution in [0.4, 0.5) is 0 Å². The predicted molar refractivity (Wildman–Crippen MR) is 79.9 cm³/mol. The van der Waals surface area contributed by atoms with Crippen molar-refractivity contribution in [3.05, 3.63) is 17.2 Å². The molecule has 20 heavy (non-hydrogen) atoms. The maximum Gasteiger partial charge on any atom is 0.274 e. The molecule has 2 heterocycles. The normalized spacial score (nSPS) is 17.6. The quantitative estimate of drug-likeness (QED) is 0.917. The highest BCUT2D eigenvalue weighted by Gasteiger charge is 2.23. The number of aryl methyl sites for hydroxylation is 2. The van der Waals surface area contributed by atoms with Crippen LogP contribution in [0.2, 0.25) is 0 Å². The van der Waals surface area contributed by atoms with Crippen LogP contribution in [0.15, 0.2) is 0 Å². The largest absolute Gasteiger partial charge is 0.346 e. The van der Waals surface area contributed by atoms with Gasteiger partial charge < -0.3 is 14.8 Å². The van der Waals surface area contributed by atoms with Gasteiger partial charge in [0.2, 0.25) is 0 Å². The molecule has 0 radical (unpaired) electrons. The van der Waals surface area contributed by atoms with Crippen LogP contribution in [0.3, 0.4) is 0 Å². The molecule has 1 aromatic heterocycles. The van der Waals surface area contributed by atoms with Gasteiger partial charge in [0.1, 0.15) is 11.5 Å². The zero-order valence-electron chi connectivity index (χ0n) is 13.1. The van der Waals surface area contributed by atoms with Crippen molar-refractivity contribution in [2.24, 2.45) is 5.92 Å². The number of H-pyrrole nitrogens is 1. The van der Waals surface area contributed by atoms with Crippen LogP contribution in [0.1, 0.15) is 42.3 Å². The number of aromatic amines is 1. The number of aromatic nitrogens is 2. The van der Waals surface area contributed by atoms with Gasteiger partial charge in [-0.05, 0) is 32.7 Å². The van der Waals surface area contributed by atoms with Crippen LogP contribution in [-0.2, 0) is 0 Å². The molecule has 0 unspecified atom stereocenters. The third-order valence-electron chi connectivity index (χ3n) is 3.70. The third kappa shape index (κ3) is 3.60. The Bertz CT molecular complexity index is 466. The molecule has 5 nitrogen and oxygen atoms in total. The molecular weight excluding hydrogens is 252 g/mol. The lowest BCUT2D eigenvalue weighted by Gasteiger charge is -2.23. The van der Waals surface area contributed by atoms with Crippen LogP contribution in [0.25, 0.3) is 0 Å². The molecule has 0 aliphatic carbocycles. The fraction of sp³-hybridized carbons (Fsp3) is 0.733. The first-order valence-corrected chi connectivity index (χ1v) is 7.52. The SMILES string of the molecule is Cc1nc(C(=O)N2CCCN(CC(C)C)CC2)c(C)[nH]1. The van der Waals surface area contributed by atoms with E-state index in [-0.39, 0.29) is 5.91 Å². The van der Waals surface area contributed by atoms with Gasteiger partial charge >= 0.3 is 0 Å². The van der Waals surface area contributed by atoms with Gasteiger partial charge in [-0.25, -0.2) is 4.98 Å². The van der Waals surface area contributed by atoms with E-state index in [0.717, 1.165) is 50.7 Å². The number of imidazole rings is 1. The molecule has 112 valence electrons. The standard InChI is InChI=1S/C15H26N4O/c1-11(2)10-18-6-5-7-19(9-8-18)15(20)14-12(3)16-13(4)17-14/h11H,5-10H2,1-4H3,(H,16,17). The number of hydrogen-bond acceptors (Lipinski definition) is 3. The van der Waals surface area contributed by atoms with Gasteiger partial charge in [-0.1, -0.05) is 13.8 Å². The minimum absolute atomic E-state index is 0.0678. The first kappa shape index (κ1) is 15.0. The van der Waals surface area contributed by atoms with Gasteiger partial charge in [-0.2, -0.15) is 0 Å². The Hall–Kier alpha value is -1.36. The Morgan fingerprint density at radius 2 is 2.00 bits per heavy atom. The molecule has 1 aromatic rings. The minimum atomic E-state index is 0.0678. The monoisotopic (exact) mass is 278 g/mol. The Labute approximate surface area is 121 Å². The molecule has 0 spiro atoms. The van der Waals surface area contributed by atoms with Crippen molar-refractivity contribution in [2.75, 3.05) is 32.7 Å². The van der Waals surface area contributed by atoms with E-state index in [4.69, 9.17) is 0 Å². The highest BCUT2D eigenvalue weighted by atomic mass is 16.2. The second-order valence-corrected chi connectivity index (χ2v) is 6.14. The van der Waals surface area contributed by atoms with Gasteiger partial charge in [-0.3, -0.25) is 4.79 Å². The average Bonchev–Trinajstić information content (AvgIpc) is 2.58. The molecule has 5 heteroatoms. The number of hydrogen-bond donors (Lipinski definition) is 1. The Balaban J connectivity index is 2.00. The van der Waals surface area contributed by atoms with Crippen LogP contribution in [-0.4, -0.2) is 58.4 Å². The van der Waals surface area contributed by atoms with Crippen LogP contribution in [0.5, 0.6) is 0 Å². The third-order valence-corrected chi connectivity index (χ3v) is 3.70. The molecule has 1 fully saturated rings. The Kier molecular flexibility index (Phi) is 4.81. The van der Waals surface area contributed by atoms with Crippen molar-refractivity contribution in [1.29, 1.82) is 0 Å². The lowest BCUT2D eigenvalue weighted by atomic mass is 10.2. The molecule has 1 aliphatic rings. The molecule has 1 aliphatic heterocycles. The number of carbonyl (C=O) groups excluding carboxylic acids is 1. The molecule has 0 saturated carbocycles. The van der Waals surface area contributed by atoms with E-state index in [2.05, 4.69) is 28.7 Å². The van der Waals surface area contributed by atoms with E-state index < -0.39 is 0 Å². The van der Waals surface area contributed by atoms with Crippen molar-refractivity contribution in [2.45, 2.75) is 34.1 Å². The lowest BCUT2D eigenvalue weighted by Crippen LogP contribution is -2.36. The summed E-state index contributed by atoms with van der Waals surface area (Å²) in [6, 6.07) is 0. The van der Waals surface area contributed by atoms with E-state index in [0.29, 0.717) is 11.6 Å². The molecule has 1 saturated heterocycles. The van der Waals surface area contributed by atoms with E-state index in [9.17, 15) is 4.79 Å². The highest BCUT2D eigenvalue weighted by molar-refractivity contribution is 5.93. The fourth-order valence-corrected chi connectivity index (χ4v) is 2.84. The lowest BCUT2D eigenvalue weighted by molar-refractivity contribution is 0.0754. The maximum atomic E-state index is 12.5. The van der Waals surface area contributed by atoms with Gasteiger partial charge in [-0.15, -0.1) is 0 Å². The Morgan fingerprint density at radius 3 is 2.60 bits per heavy atom.